The van der Waals surface area contributed by atoms with Crippen molar-refractivity contribution in [1.29, 1.82) is 0 Å². The van der Waals surface area contributed by atoms with Gasteiger partial charge in [0.1, 0.15) is 0 Å². The lowest BCUT2D eigenvalue weighted by Gasteiger charge is -2.41. The van der Waals surface area contributed by atoms with Crippen LogP contribution >= 0.6 is 12.4 Å². The van der Waals surface area contributed by atoms with Crippen LogP contribution in [0.5, 0.6) is 0 Å². The zero-order valence-corrected chi connectivity index (χ0v) is 10.5. The Kier molecular flexibility index (Phi) is 6.36. The molecule has 1 fully saturated rings. The molecule has 0 aromatic heterocycles. The van der Waals surface area contributed by atoms with Gasteiger partial charge in [-0.1, -0.05) is 0 Å². The van der Waals surface area contributed by atoms with Gasteiger partial charge >= 0.3 is 5.97 Å². The van der Waals surface area contributed by atoms with Crippen LogP contribution in [-0.2, 0) is 14.3 Å². The van der Waals surface area contributed by atoms with Crippen molar-refractivity contribution in [3.05, 3.63) is 0 Å². The van der Waals surface area contributed by atoms with Crippen molar-refractivity contribution in [2.45, 2.75) is 31.2 Å². The van der Waals surface area contributed by atoms with Crippen molar-refractivity contribution in [2.75, 3.05) is 20.7 Å². The zero-order chi connectivity index (χ0) is 11.3. The maximum atomic E-state index is 11.4. The first-order valence-corrected chi connectivity index (χ1v) is 5.14. The summed E-state index contributed by atoms with van der Waals surface area (Å²) in [4.78, 5) is 22.6. The minimum Gasteiger partial charge on any atom is -0.469 e. The van der Waals surface area contributed by atoms with E-state index in [1.807, 2.05) is 0 Å². The number of carbonyl (C=O) groups is 2. The number of likely N-dealkylation sites (N-methyl/N-ethyl adjacent to an activating group) is 1. The number of hydrogen-bond acceptors (Lipinski definition) is 4. The maximum absolute atomic E-state index is 11.4. The summed E-state index contributed by atoms with van der Waals surface area (Å²) in [6.07, 6.45) is 3.05. The van der Waals surface area contributed by atoms with E-state index in [4.69, 9.17) is 0 Å². The Balaban J connectivity index is 0.00000225. The van der Waals surface area contributed by atoms with Gasteiger partial charge in [-0.25, -0.2) is 0 Å². The molecule has 1 aliphatic carbocycles. The molecule has 16 heavy (non-hydrogen) atoms. The summed E-state index contributed by atoms with van der Waals surface area (Å²) in [5.41, 5.74) is -0.346. The van der Waals surface area contributed by atoms with Gasteiger partial charge in [0.05, 0.1) is 25.6 Å². The van der Waals surface area contributed by atoms with E-state index < -0.39 is 0 Å². The van der Waals surface area contributed by atoms with Crippen molar-refractivity contribution >= 4 is 24.3 Å². The highest BCUT2D eigenvalue weighted by atomic mass is 35.5. The Hall–Kier alpha value is -0.810. The molecule has 1 aliphatic rings. The van der Waals surface area contributed by atoms with E-state index in [-0.39, 0.29) is 42.8 Å². The molecule has 0 heterocycles. The molecule has 5 nitrogen and oxygen atoms in total. The Labute approximate surface area is 102 Å². The first-order chi connectivity index (χ1) is 7.12. The van der Waals surface area contributed by atoms with E-state index in [1.54, 1.807) is 7.05 Å². The number of nitrogens with one attached hydrogen (secondary N) is 2. The SMILES string of the molecule is CNCC(=O)NC1(CC(=O)OC)CCC1.Cl. The lowest BCUT2D eigenvalue weighted by Crippen LogP contribution is -2.56. The van der Waals surface area contributed by atoms with Crippen LogP contribution in [0.15, 0.2) is 0 Å². The van der Waals surface area contributed by atoms with Crippen LogP contribution in [0.2, 0.25) is 0 Å². The number of amides is 1. The van der Waals surface area contributed by atoms with Gasteiger partial charge in [0.15, 0.2) is 0 Å². The molecule has 0 radical (unpaired) electrons. The summed E-state index contributed by atoms with van der Waals surface area (Å²) < 4.78 is 4.62. The molecule has 0 spiro atoms. The van der Waals surface area contributed by atoms with Gasteiger partial charge < -0.3 is 15.4 Å². The van der Waals surface area contributed by atoms with Gasteiger partial charge in [0.2, 0.25) is 5.91 Å². The number of carbonyl (C=O) groups excluding carboxylic acids is 2. The standard InChI is InChI=1S/C10H18N2O3.ClH/c1-11-7-8(13)12-10(4-3-5-10)6-9(14)15-2;/h11H,3-7H2,1-2H3,(H,12,13);1H. The summed E-state index contributed by atoms with van der Waals surface area (Å²) in [7, 11) is 3.08. The van der Waals surface area contributed by atoms with Crippen molar-refractivity contribution in [1.82, 2.24) is 10.6 Å². The number of rotatable bonds is 5. The fourth-order valence-corrected chi connectivity index (χ4v) is 1.80. The molecule has 0 aromatic rings. The minimum atomic E-state index is -0.346. The zero-order valence-electron chi connectivity index (χ0n) is 9.67. The Bertz CT molecular complexity index is 254. The molecule has 94 valence electrons. The molecule has 1 rings (SSSR count). The minimum absolute atomic E-state index is 0. The monoisotopic (exact) mass is 250 g/mol. The average molecular weight is 251 g/mol. The fourth-order valence-electron chi connectivity index (χ4n) is 1.80. The average Bonchev–Trinajstić information content (AvgIpc) is 2.14. The van der Waals surface area contributed by atoms with Gasteiger partial charge in [-0.3, -0.25) is 9.59 Å². The van der Waals surface area contributed by atoms with E-state index in [1.165, 1.54) is 7.11 Å². The number of methoxy groups -OCH3 is 1. The molecule has 6 heteroatoms. The molecule has 0 bridgehead atoms. The van der Waals surface area contributed by atoms with E-state index in [9.17, 15) is 9.59 Å². The fraction of sp³-hybridized carbons (Fsp3) is 0.800. The van der Waals surface area contributed by atoms with Crippen molar-refractivity contribution in [3.63, 3.8) is 0 Å². The molecule has 0 saturated heterocycles. The number of halogens is 1. The largest absolute Gasteiger partial charge is 0.469 e. The van der Waals surface area contributed by atoms with Gasteiger partial charge in [-0.15, -0.1) is 12.4 Å². The Morgan fingerprint density at radius 2 is 2.00 bits per heavy atom. The number of ether oxygens (including phenoxy) is 1. The second kappa shape index (κ2) is 6.70. The topological polar surface area (TPSA) is 67.4 Å². The smallest absolute Gasteiger partial charge is 0.307 e. The number of esters is 1. The molecule has 0 atom stereocenters. The second-order valence-electron chi connectivity index (χ2n) is 3.97. The Morgan fingerprint density at radius 3 is 2.38 bits per heavy atom. The van der Waals surface area contributed by atoms with E-state index in [2.05, 4.69) is 15.4 Å². The lowest BCUT2D eigenvalue weighted by molar-refractivity contribution is -0.143. The highest BCUT2D eigenvalue weighted by molar-refractivity contribution is 5.85. The highest BCUT2D eigenvalue weighted by Crippen LogP contribution is 2.35. The first kappa shape index (κ1) is 15.2. The molecular weight excluding hydrogens is 232 g/mol. The summed E-state index contributed by atoms with van der Waals surface area (Å²) in [6.45, 7) is 0.281. The van der Waals surface area contributed by atoms with E-state index in [0.717, 1.165) is 19.3 Å². The van der Waals surface area contributed by atoms with Gasteiger partial charge in [0.25, 0.3) is 0 Å². The molecule has 2 N–H and O–H groups in total. The lowest BCUT2D eigenvalue weighted by atomic mass is 9.74. The van der Waals surface area contributed by atoms with Crippen molar-refractivity contribution in [2.24, 2.45) is 0 Å². The number of hydrogen-bond donors (Lipinski definition) is 2. The highest BCUT2D eigenvalue weighted by Gasteiger charge is 2.40. The molecule has 1 amide bonds. The third-order valence-electron chi connectivity index (χ3n) is 2.76. The summed E-state index contributed by atoms with van der Waals surface area (Å²) >= 11 is 0. The second-order valence-corrected chi connectivity index (χ2v) is 3.97. The van der Waals surface area contributed by atoms with E-state index in [0.29, 0.717) is 0 Å². The van der Waals surface area contributed by atoms with Gasteiger partial charge in [-0.05, 0) is 26.3 Å². The Morgan fingerprint density at radius 1 is 1.38 bits per heavy atom. The third kappa shape index (κ3) is 3.98. The van der Waals surface area contributed by atoms with Crippen LogP contribution in [0.1, 0.15) is 25.7 Å². The molecular formula is C10H19ClN2O3. The van der Waals surface area contributed by atoms with E-state index >= 15 is 0 Å². The summed E-state index contributed by atoms with van der Waals surface area (Å²) in [6, 6.07) is 0. The van der Waals surface area contributed by atoms with Crippen LogP contribution in [0.25, 0.3) is 0 Å². The normalized spacial score (nSPS) is 16.6. The summed E-state index contributed by atoms with van der Waals surface area (Å²) in [5, 5.41) is 5.67. The predicted molar refractivity (Wildman–Crippen MR) is 62.5 cm³/mol. The molecule has 0 aliphatic heterocycles. The third-order valence-corrected chi connectivity index (χ3v) is 2.76. The van der Waals surface area contributed by atoms with Crippen LogP contribution in [-0.4, -0.2) is 38.1 Å². The predicted octanol–water partition coefficient (Wildman–Crippen LogP) is 0.230. The quantitative estimate of drug-likeness (QED) is 0.686. The van der Waals surface area contributed by atoms with Gasteiger partial charge in [0, 0.05) is 0 Å². The van der Waals surface area contributed by atoms with Gasteiger partial charge in [-0.2, -0.15) is 0 Å². The summed E-state index contributed by atoms with van der Waals surface area (Å²) in [5.74, 6) is -0.333. The van der Waals surface area contributed by atoms with Crippen molar-refractivity contribution in [3.8, 4) is 0 Å². The van der Waals surface area contributed by atoms with Crippen LogP contribution in [0.4, 0.5) is 0 Å². The first-order valence-electron chi connectivity index (χ1n) is 5.14. The molecule has 0 aromatic carbocycles. The molecule has 0 unspecified atom stereocenters. The van der Waals surface area contributed by atoms with Crippen LogP contribution in [0, 0.1) is 0 Å². The molecule has 1 saturated carbocycles. The van der Waals surface area contributed by atoms with Crippen molar-refractivity contribution < 1.29 is 14.3 Å². The van der Waals surface area contributed by atoms with Crippen LogP contribution in [0.3, 0.4) is 0 Å². The van der Waals surface area contributed by atoms with Crippen LogP contribution < -0.4 is 10.6 Å². The maximum Gasteiger partial charge on any atom is 0.307 e.